The van der Waals surface area contributed by atoms with Gasteiger partial charge in [-0.1, -0.05) is 36.4 Å². The molecule has 1 N–H and O–H groups in total. The third-order valence-electron chi connectivity index (χ3n) is 3.35. The number of hydrogen-bond donors (Lipinski definition) is 1. The topological polar surface area (TPSA) is 55.6 Å². The molecule has 0 aliphatic heterocycles. The van der Waals surface area contributed by atoms with Crippen LogP contribution >= 0.6 is 0 Å². The van der Waals surface area contributed by atoms with Gasteiger partial charge in [-0.3, -0.25) is 9.20 Å². The Morgan fingerprint density at radius 1 is 1.18 bits per heavy atom. The number of fused-ring (bicyclic) bond motifs is 1. The molecule has 0 aliphatic rings. The Kier molecular flexibility index (Phi) is 4.16. The van der Waals surface area contributed by atoms with Crippen molar-refractivity contribution >= 4 is 17.4 Å². The summed E-state index contributed by atoms with van der Waals surface area (Å²) in [6.45, 7) is 0.0187. The van der Waals surface area contributed by atoms with Crippen LogP contribution in [0.2, 0.25) is 0 Å². The highest BCUT2D eigenvalue weighted by atomic mass is 16.5. The molecule has 0 bridgehead atoms. The summed E-state index contributed by atoms with van der Waals surface area (Å²) in [6, 6.07) is 15.8. The highest BCUT2D eigenvalue weighted by Crippen LogP contribution is 2.21. The second-order valence-corrected chi connectivity index (χ2v) is 4.98. The molecule has 5 heteroatoms. The van der Waals surface area contributed by atoms with E-state index in [1.807, 2.05) is 59.1 Å². The van der Waals surface area contributed by atoms with Crippen molar-refractivity contribution in [1.82, 2.24) is 9.38 Å². The maximum Gasteiger partial charge on any atom is 0.251 e. The number of nitrogens with one attached hydrogen (secondary N) is 1. The van der Waals surface area contributed by atoms with E-state index in [2.05, 4.69) is 10.3 Å². The van der Waals surface area contributed by atoms with Crippen molar-refractivity contribution in [1.29, 1.82) is 0 Å². The SMILES string of the molecule is COCC(=O)Nc1c(Cc2ccccc2)nc2ccccn12. The van der Waals surface area contributed by atoms with Crippen LogP contribution in [0, 0.1) is 0 Å². The predicted molar refractivity (Wildman–Crippen MR) is 84.9 cm³/mol. The number of pyridine rings is 1. The summed E-state index contributed by atoms with van der Waals surface area (Å²) in [6.07, 6.45) is 2.55. The first-order chi connectivity index (χ1) is 10.8. The van der Waals surface area contributed by atoms with E-state index in [1.54, 1.807) is 0 Å². The van der Waals surface area contributed by atoms with Crippen LogP contribution in [0.4, 0.5) is 5.82 Å². The Labute approximate surface area is 128 Å². The quantitative estimate of drug-likeness (QED) is 0.787. The maximum atomic E-state index is 11.9. The minimum Gasteiger partial charge on any atom is -0.375 e. The second-order valence-electron chi connectivity index (χ2n) is 4.98. The van der Waals surface area contributed by atoms with E-state index in [1.165, 1.54) is 7.11 Å². The fourth-order valence-corrected chi connectivity index (χ4v) is 2.39. The Balaban J connectivity index is 1.99. The molecule has 0 saturated heterocycles. The monoisotopic (exact) mass is 295 g/mol. The molecule has 2 aromatic heterocycles. The number of rotatable bonds is 5. The van der Waals surface area contributed by atoms with Gasteiger partial charge >= 0.3 is 0 Å². The number of carbonyl (C=O) groups is 1. The summed E-state index contributed by atoms with van der Waals surface area (Å²) in [5, 5.41) is 2.89. The number of nitrogens with zero attached hydrogens (tertiary/aromatic N) is 2. The molecule has 1 amide bonds. The third-order valence-corrected chi connectivity index (χ3v) is 3.35. The molecule has 5 nitrogen and oxygen atoms in total. The number of benzene rings is 1. The van der Waals surface area contributed by atoms with E-state index >= 15 is 0 Å². The van der Waals surface area contributed by atoms with Crippen LogP contribution in [0.3, 0.4) is 0 Å². The minimum atomic E-state index is -0.192. The number of amides is 1. The van der Waals surface area contributed by atoms with E-state index in [0.29, 0.717) is 12.2 Å². The number of ether oxygens (including phenoxy) is 1. The molecular weight excluding hydrogens is 278 g/mol. The smallest absolute Gasteiger partial charge is 0.251 e. The highest BCUT2D eigenvalue weighted by molar-refractivity contribution is 5.92. The zero-order valence-corrected chi connectivity index (χ0v) is 12.3. The standard InChI is InChI=1S/C17H17N3O2/c1-22-12-16(21)19-17-14(11-13-7-3-2-4-8-13)18-15-9-5-6-10-20(15)17/h2-10H,11-12H2,1H3,(H,19,21). The van der Waals surface area contributed by atoms with Gasteiger partial charge in [0, 0.05) is 19.7 Å². The number of methoxy groups -OCH3 is 1. The molecule has 22 heavy (non-hydrogen) atoms. The Morgan fingerprint density at radius 3 is 2.73 bits per heavy atom. The van der Waals surface area contributed by atoms with E-state index in [9.17, 15) is 4.79 Å². The van der Waals surface area contributed by atoms with Gasteiger partial charge in [0.25, 0.3) is 5.91 Å². The molecule has 0 aliphatic carbocycles. The molecule has 0 fully saturated rings. The molecule has 3 aromatic rings. The Hall–Kier alpha value is -2.66. The van der Waals surface area contributed by atoms with Crippen molar-refractivity contribution in [3.05, 3.63) is 66.0 Å². The zero-order chi connectivity index (χ0) is 15.4. The first-order valence-electron chi connectivity index (χ1n) is 7.06. The van der Waals surface area contributed by atoms with Crippen molar-refractivity contribution in [2.45, 2.75) is 6.42 Å². The number of aromatic nitrogens is 2. The minimum absolute atomic E-state index is 0.0187. The fourth-order valence-electron chi connectivity index (χ4n) is 2.39. The summed E-state index contributed by atoms with van der Waals surface area (Å²) in [7, 11) is 1.50. The van der Waals surface area contributed by atoms with Gasteiger partial charge in [0.05, 0.1) is 5.69 Å². The van der Waals surface area contributed by atoms with Crippen LogP contribution < -0.4 is 5.32 Å². The Morgan fingerprint density at radius 2 is 1.95 bits per heavy atom. The molecule has 0 spiro atoms. The summed E-state index contributed by atoms with van der Waals surface area (Å²) < 4.78 is 6.76. The van der Waals surface area contributed by atoms with E-state index in [0.717, 1.165) is 16.9 Å². The summed E-state index contributed by atoms with van der Waals surface area (Å²) in [4.78, 5) is 16.5. The lowest BCUT2D eigenvalue weighted by Gasteiger charge is -2.07. The molecule has 0 saturated carbocycles. The molecule has 2 heterocycles. The van der Waals surface area contributed by atoms with Gasteiger partial charge < -0.3 is 10.1 Å². The van der Waals surface area contributed by atoms with E-state index < -0.39 is 0 Å². The van der Waals surface area contributed by atoms with Crippen LogP contribution in [-0.2, 0) is 16.0 Å². The number of anilines is 1. The zero-order valence-electron chi connectivity index (χ0n) is 12.3. The second kappa shape index (κ2) is 6.41. The van der Waals surface area contributed by atoms with Gasteiger partial charge in [-0.2, -0.15) is 0 Å². The van der Waals surface area contributed by atoms with E-state index in [-0.39, 0.29) is 12.5 Å². The van der Waals surface area contributed by atoms with Crippen molar-refractivity contribution < 1.29 is 9.53 Å². The normalized spacial score (nSPS) is 10.8. The van der Waals surface area contributed by atoms with Gasteiger partial charge in [0.1, 0.15) is 18.1 Å². The summed E-state index contributed by atoms with van der Waals surface area (Å²) >= 11 is 0. The fraction of sp³-hybridized carbons (Fsp3) is 0.176. The van der Waals surface area contributed by atoms with Crippen LogP contribution in [-0.4, -0.2) is 29.0 Å². The van der Waals surface area contributed by atoms with Crippen molar-refractivity contribution in [3.63, 3.8) is 0 Å². The lowest BCUT2D eigenvalue weighted by atomic mass is 10.1. The Bertz CT molecular complexity index is 781. The average molecular weight is 295 g/mol. The van der Waals surface area contributed by atoms with Crippen LogP contribution in [0.5, 0.6) is 0 Å². The van der Waals surface area contributed by atoms with Gasteiger partial charge in [-0.25, -0.2) is 4.98 Å². The highest BCUT2D eigenvalue weighted by Gasteiger charge is 2.14. The maximum absolute atomic E-state index is 11.9. The number of carbonyl (C=O) groups excluding carboxylic acids is 1. The van der Waals surface area contributed by atoms with Gasteiger partial charge in [0.2, 0.25) is 0 Å². The molecule has 0 atom stereocenters. The first kappa shape index (κ1) is 14.3. The molecule has 112 valence electrons. The first-order valence-corrected chi connectivity index (χ1v) is 7.06. The molecular formula is C17H17N3O2. The molecule has 0 radical (unpaired) electrons. The van der Waals surface area contributed by atoms with Crippen molar-refractivity contribution in [2.75, 3.05) is 19.0 Å². The lowest BCUT2D eigenvalue weighted by Crippen LogP contribution is -2.19. The van der Waals surface area contributed by atoms with Crippen LogP contribution in [0.25, 0.3) is 5.65 Å². The van der Waals surface area contributed by atoms with Crippen LogP contribution in [0.15, 0.2) is 54.7 Å². The van der Waals surface area contributed by atoms with Crippen molar-refractivity contribution in [2.24, 2.45) is 0 Å². The largest absolute Gasteiger partial charge is 0.375 e. The average Bonchev–Trinajstić information content (AvgIpc) is 2.86. The summed E-state index contributed by atoms with van der Waals surface area (Å²) in [5.41, 5.74) is 2.79. The third kappa shape index (κ3) is 2.99. The molecule has 1 aromatic carbocycles. The van der Waals surface area contributed by atoms with Gasteiger partial charge in [-0.05, 0) is 17.7 Å². The number of hydrogen-bond acceptors (Lipinski definition) is 3. The molecule has 3 rings (SSSR count). The lowest BCUT2D eigenvalue weighted by molar-refractivity contribution is -0.119. The van der Waals surface area contributed by atoms with Crippen molar-refractivity contribution in [3.8, 4) is 0 Å². The predicted octanol–water partition coefficient (Wildman–Crippen LogP) is 2.51. The van der Waals surface area contributed by atoms with Gasteiger partial charge in [0.15, 0.2) is 0 Å². The van der Waals surface area contributed by atoms with Gasteiger partial charge in [-0.15, -0.1) is 0 Å². The van der Waals surface area contributed by atoms with E-state index in [4.69, 9.17) is 4.74 Å². The van der Waals surface area contributed by atoms with Crippen LogP contribution in [0.1, 0.15) is 11.3 Å². The summed E-state index contributed by atoms with van der Waals surface area (Å²) in [5.74, 6) is 0.504. The number of imidazole rings is 1. The molecule has 0 unspecified atom stereocenters.